The summed E-state index contributed by atoms with van der Waals surface area (Å²) in [5, 5.41) is 8.45. The summed E-state index contributed by atoms with van der Waals surface area (Å²) in [4.78, 5) is 21.6. The number of carbonyl (C=O) groups is 1. The second kappa shape index (κ2) is 4.09. The Labute approximate surface area is 81.2 Å². The van der Waals surface area contributed by atoms with Gasteiger partial charge < -0.3 is 9.52 Å². The van der Waals surface area contributed by atoms with Gasteiger partial charge in [-0.15, -0.1) is 0 Å². The van der Waals surface area contributed by atoms with E-state index < -0.39 is 5.97 Å². The number of carboxylic acid groups (broad SMARTS) is 1. The van der Waals surface area contributed by atoms with E-state index in [1.807, 2.05) is 0 Å². The van der Waals surface area contributed by atoms with Gasteiger partial charge >= 0.3 is 5.97 Å². The molecule has 14 heavy (non-hydrogen) atoms. The van der Waals surface area contributed by atoms with Crippen LogP contribution in [0.2, 0.25) is 0 Å². The fourth-order valence-corrected chi connectivity index (χ4v) is 1.08. The lowest BCUT2D eigenvalue weighted by Crippen LogP contribution is -2.08. The van der Waals surface area contributed by atoms with Crippen molar-refractivity contribution in [3.05, 3.63) is 33.4 Å². The summed E-state index contributed by atoms with van der Waals surface area (Å²) in [6.45, 7) is 3.38. The molecule has 76 valence electrons. The van der Waals surface area contributed by atoms with Gasteiger partial charge in [-0.2, -0.15) is 0 Å². The summed E-state index contributed by atoms with van der Waals surface area (Å²) in [5.74, 6) is 0.0873. The molecule has 0 aromatic carbocycles. The molecule has 4 heteroatoms. The second-order valence-corrected chi connectivity index (χ2v) is 3.15. The smallest absolute Gasteiger partial charge is 0.303 e. The maximum Gasteiger partial charge on any atom is 0.303 e. The number of aliphatic carboxylic acids is 1. The molecule has 1 rings (SSSR count). The molecule has 0 aliphatic rings. The van der Waals surface area contributed by atoms with Crippen molar-refractivity contribution in [1.29, 1.82) is 0 Å². The highest BCUT2D eigenvalue weighted by molar-refractivity contribution is 5.66. The number of hydrogen-bond acceptors (Lipinski definition) is 3. The first-order chi connectivity index (χ1) is 6.50. The average Bonchev–Trinajstić information content (AvgIpc) is 2.10. The first kappa shape index (κ1) is 10.5. The topological polar surface area (TPSA) is 67.5 Å². The van der Waals surface area contributed by atoms with Gasteiger partial charge in [0.1, 0.15) is 11.5 Å². The molecule has 1 N–H and O–H groups in total. The molecule has 0 aliphatic carbocycles. The van der Waals surface area contributed by atoms with Gasteiger partial charge in [0.05, 0.1) is 6.42 Å². The van der Waals surface area contributed by atoms with E-state index in [2.05, 4.69) is 0 Å². The zero-order valence-corrected chi connectivity index (χ0v) is 8.16. The predicted molar refractivity (Wildman–Crippen MR) is 50.4 cm³/mol. The highest BCUT2D eigenvalue weighted by Crippen LogP contribution is 2.07. The van der Waals surface area contributed by atoms with Gasteiger partial charge in [-0.3, -0.25) is 9.59 Å². The normalized spacial score (nSPS) is 10.1. The lowest BCUT2D eigenvalue weighted by Gasteiger charge is -2.02. The minimum absolute atomic E-state index is 0.0224. The highest BCUT2D eigenvalue weighted by atomic mass is 16.4. The number of aryl methyl sites for hydroxylation is 2. The molecule has 4 nitrogen and oxygen atoms in total. The van der Waals surface area contributed by atoms with E-state index in [9.17, 15) is 9.59 Å². The Hall–Kier alpha value is -1.58. The highest BCUT2D eigenvalue weighted by Gasteiger charge is 2.06. The Morgan fingerprint density at radius 2 is 2.14 bits per heavy atom. The molecule has 0 spiro atoms. The standard InChI is InChI=1S/C10H12O4/c1-6-7(2)14-8(5-9(6)11)3-4-10(12)13/h5H,3-4H2,1-2H3,(H,12,13). The fourth-order valence-electron chi connectivity index (χ4n) is 1.08. The predicted octanol–water partition coefficient (Wildman–Crippen LogP) is 1.27. The molecule has 0 radical (unpaired) electrons. The van der Waals surface area contributed by atoms with Crippen molar-refractivity contribution < 1.29 is 14.3 Å². The van der Waals surface area contributed by atoms with Crippen LogP contribution in [0.4, 0.5) is 0 Å². The minimum atomic E-state index is -0.897. The molecule has 0 amide bonds. The number of rotatable bonds is 3. The van der Waals surface area contributed by atoms with Crippen molar-refractivity contribution in [2.24, 2.45) is 0 Å². The lowest BCUT2D eigenvalue weighted by atomic mass is 10.2. The summed E-state index contributed by atoms with van der Waals surface area (Å²) in [6, 6.07) is 1.35. The monoisotopic (exact) mass is 196 g/mol. The summed E-state index contributed by atoms with van der Waals surface area (Å²) in [5.41, 5.74) is 0.471. The summed E-state index contributed by atoms with van der Waals surface area (Å²) in [7, 11) is 0. The van der Waals surface area contributed by atoms with Crippen LogP contribution in [0.1, 0.15) is 23.5 Å². The van der Waals surface area contributed by atoms with E-state index in [1.165, 1.54) is 6.07 Å². The first-order valence-corrected chi connectivity index (χ1v) is 4.32. The van der Waals surface area contributed by atoms with E-state index in [0.29, 0.717) is 17.1 Å². The van der Waals surface area contributed by atoms with Crippen LogP contribution in [-0.2, 0) is 11.2 Å². The van der Waals surface area contributed by atoms with Gasteiger partial charge in [-0.05, 0) is 13.8 Å². The SMILES string of the molecule is Cc1oc(CCC(=O)O)cc(=O)c1C. The van der Waals surface area contributed by atoms with Crippen LogP contribution in [0.25, 0.3) is 0 Å². The lowest BCUT2D eigenvalue weighted by molar-refractivity contribution is -0.137. The average molecular weight is 196 g/mol. The van der Waals surface area contributed by atoms with Crippen LogP contribution in [0, 0.1) is 13.8 Å². The fraction of sp³-hybridized carbons (Fsp3) is 0.400. The van der Waals surface area contributed by atoms with Gasteiger partial charge in [0.25, 0.3) is 0 Å². The number of carboxylic acids is 1. The Morgan fingerprint density at radius 1 is 1.50 bits per heavy atom. The maximum atomic E-state index is 11.3. The summed E-state index contributed by atoms with van der Waals surface area (Å²) >= 11 is 0. The molecule has 0 atom stereocenters. The third-order valence-electron chi connectivity index (χ3n) is 2.06. The first-order valence-electron chi connectivity index (χ1n) is 4.32. The molecule has 0 aliphatic heterocycles. The van der Waals surface area contributed by atoms with Gasteiger partial charge in [0.15, 0.2) is 5.43 Å². The zero-order valence-electron chi connectivity index (χ0n) is 8.16. The van der Waals surface area contributed by atoms with Crippen LogP contribution in [-0.4, -0.2) is 11.1 Å². The van der Waals surface area contributed by atoms with Crippen molar-refractivity contribution in [3.8, 4) is 0 Å². The molecule has 0 saturated carbocycles. The van der Waals surface area contributed by atoms with E-state index >= 15 is 0 Å². The maximum absolute atomic E-state index is 11.3. The largest absolute Gasteiger partial charge is 0.481 e. The van der Waals surface area contributed by atoms with E-state index in [0.717, 1.165) is 0 Å². The van der Waals surface area contributed by atoms with Crippen molar-refractivity contribution in [3.63, 3.8) is 0 Å². The minimum Gasteiger partial charge on any atom is -0.481 e. The van der Waals surface area contributed by atoms with Crippen molar-refractivity contribution in [2.75, 3.05) is 0 Å². The molecule has 1 aromatic heterocycles. The van der Waals surface area contributed by atoms with Crippen molar-refractivity contribution in [1.82, 2.24) is 0 Å². The van der Waals surface area contributed by atoms with Crippen molar-refractivity contribution in [2.45, 2.75) is 26.7 Å². The Bertz CT molecular complexity index is 403. The van der Waals surface area contributed by atoms with Crippen LogP contribution < -0.4 is 5.43 Å². The molecular weight excluding hydrogens is 184 g/mol. The quantitative estimate of drug-likeness (QED) is 0.790. The Balaban J connectivity index is 2.90. The van der Waals surface area contributed by atoms with Crippen LogP contribution >= 0.6 is 0 Å². The Morgan fingerprint density at radius 3 is 2.64 bits per heavy atom. The van der Waals surface area contributed by atoms with E-state index in [4.69, 9.17) is 9.52 Å². The van der Waals surface area contributed by atoms with E-state index in [1.54, 1.807) is 13.8 Å². The van der Waals surface area contributed by atoms with Crippen molar-refractivity contribution >= 4 is 5.97 Å². The van der Waals surface area contributed by atoms with Gasteiger partial charge in [-0.1, -0.05) is 0 Å². The van der Waals surface area contributed by atoms with E-state index in [-0.39, 0.29) is 18.3 Å². The van der Waals surface area contributed by atoms with Gasteiger partial charge in [-0.25, -0.2) is 0 Å². The molecule has 0 fully saturated rings. The summed E-state index contributed by atoms with van der Waals surface area (Å²) in [6.07, 6.45) is 0.233. The third kappa shape index (κ3) is 2.45. The molecule has 1 aromatic rings. The molecule has 0 saturated heterocycles. The second-order valence-electron chi connectivity index (χ2n) is 3.15. The van der Waals surface area contributed by atoms with Gasteiger partial charge in [0.2, 0.25) is 0 Å². The molecule has 0 unspecified atom stereocenters. The van der Waals surface area contributed by atoms with Gasteiger partial charge in [0, 0.05) is 18.1 Å². The Kier molecular flexibility index (Phi) is 3.06. The molecular formula is C10H12O4. The molecule has 1 heterocycles. The van der Waals surface area contributed by atoms with Crippen LogP contribution in [0.3, 0.4) is 0 Å². The molecule has 0 bridgehead atoms. The zero-order chi connectivity index (χ0) is 10.7. The third-order valence-corrected chi connectivity index (χ3v) is 2.06. The number of hydrogen-bond donors (Lipinski definition) is 1. The van der Waals surface area contributed by atoms with Crippen LogP contribution in [0.5, 0.6) is 0 Å². The summed E-state index contributed by atoms with van der Waals surface area (Å²) < 4.78 is 5.28. The van der Waals surface area contributed by atoms with Crippen LogP contribution in [0.15, 0.2) is 15.3 Å².